The van der Waals surface area contributed by atoms with Crippen LogP contribution in [0, 0.1) is 0 Å². The molecule has 7 heteroatoms. The highest BCUT2D eigenvalue weighted by molar-refractivity contribution is 6.35. The van der Waals surface area contributed by atoms with Crippen LogP contribution in [0.15, 0.2) is 61.2 Å². The van der Waals surface area contributed by atoms with Gasteiger partial charge in [0.15, 0.2) is 5.78 Å². The molecule has 122 valence electrons. The van der Waals surface area contributed by atoms with Gasteiger partial charge in [0.25, 0.3) is 0 Å². The molecule has 3 rings (SSSR count). The molecular weight excluding hydrogens is 352 g/mol. The first-order chi connectivity index (χ1) is 11.6. The molecule has 1 heterocycles. The predicted molar refractivity (Wildman–Crippen MR) is 90.1 cm³/mol. The van der Waals surface area contributed by atoms with Gasteiger partial charge in [-0.1, -0.05) is 59.6 Å². The van der Waals surface area contributed by atoms with Gasteiger partial charge in [0.05, 0.1) is 0 Å². The van der Waals surface area contributed by atoms with Crippen LogP contribution in [0.25, 0.3) is 0 Å². The van der Waals surface area contributed by atoms with Crippen molar-refractivity contribution in [3.63, 3.8) is 0 Å². The summed E-state index contributed by atoms with van der Waals surface area (Å²) in [6.45, 7) is 0. The zero-order chi connectivity index (χ0) is 17.1. The molecule has 2 atom stereocenters. The molecule has 0 fully saturated rings. The van der Waals surface area contributed by atoms with Crippen molar-refractivity contribution in [1.82, 2.24) is 14.8 Å². The van der Waals surface area contributed by atoms with E-state index < -0.39 is 18.0 Å². The smallest absolute Gasteiger partial charge is 0.207 e. The second kappa shape index (κ2) is 7.11. The summed E-state index contributed by atoms with van der Waals surface area (Å²) in [7, 11) is 0. The van der Waals surface area contributed by atoms with Gasteiger partial charge in [-0.25, -0.2) is 14.1 Å². The van der Waals surface area contributed by atoms with Crippen LogP contribution in [-0.2, 0) is 0 Å². The lowest BCUT2D eigenvalue weighted by Crippen LogP contribution is -2.23. The minimum absolute atomic E-state index is 0.222. The highest BCUT2D eigenvalue weighted by Gasteiger charge is 2.34. The molecule has 2 unspecified atom stereocenters. The molecule has 0 N–H and O–H groups in total. The average molecular weight is 364 g/mol. The topological polar surface area (TPSA) is 47.8 Å². The number of carbonyl (C=O) groups is 1. The highest BCUT2D eigenvalue weighted by Crippen LogP contribution is 2.37. The quantitative estimate of drug-likeness (QED) is 0.616. The van der Waals surface area contributed by atoms with E-state index in [0.717, 1.165) is 4.68 Å². The Morgan fingerprint density at radius 2 is 1.88 bits per heavy atom. The lowest BCUT2D eigenvalue weighted by Gasteiger charge is -2.21. The predicted octanol–water partition coefficient (Wildman–Crippen LogP) is 4.72. The van der Waals surface area contributed by atoms with Crippen LogP contribution in [-0.4, -0.2) is 20.5 Å². The van der Waals surface area contributed by atoms with Gasteiger partial charge in [0, 0.05) is 15.6 Å². The van der Waals surface area contributed by atoms with Crippen molar-refractivity contribution in [2.45, 2.75) is 12.2 Å². The van der Waals surface area contributed by atoms with E-state index in [-0.39, 0.29) is 5.02 Å². The Labute approximate surface area is 147 Å². The molecular formula is C17H12Cl2FN3O. The van der Waals surface area contributed by atoms with E-state index in [9.17, 15) is 4.79 Å². The van der Waals surface area contributed by atoms with E-state index in [2.05, 4.69) is 10.1 Å². The molecule has 24 heavy (non-hydrogen) atoms. The number of halogens is 3. The minimum Gasteiger partial charge on any atom is -0.293 e. The van der Waals surface area contributed by atoms with Gasteiger partial charge in [-0.3, -0.25) is 4.79 Å². The van der Waals surface area contributed by atoms with Crippen molar-refractivity contribution in [3.8, 4) is 0 Å². The fraction of sp³-hybridized carbons (Fsp3) is 0.118. The van der Waals surface area contributed by atoms with E-state index in [0.29, 0.717) is 16.1 Å². The third kappa shape index (κ3) is 3.32. The van der Waals surface area contributed by atoms with Crippen molar-refractivity contribution in [3.05, 3.63) is 82.4 Å². The summed E-state index contributed by atoms with van der Waals surface area (Å²) in [5.41, 5.74) is 0.731. The Hall–Kier alpha value is -2.24. The monoisotopic (exact) mass is 363 g/mol. The Kier molecular flexibility index (Phi) is 4.92. The standard InChI is InChI=1S/C17H12Cl2FN3O/c18-12-6-7-13(14(19)8-12)15(17(20)23-10-21-9-22-23)16(24)11-4-2-1-3-5-11/h1-10,15,17H. The van der Waals surface area contributed by atoms with E-state index in [1.54, 1.807) is 42.5 Å². The fourth-order valence-electron chi connectivity index (χ4n) is 2.45. The normalized spacial score (nSPS) is 13.5. The number of hydrogen-bond acceptors (Lipinski definition) is 3. The van der Waals surface area contributed by atoms with Crippen LogP contribution in [0.5, 0.6) is 0 Å². The molecule has 2 aromatic carbocycles. The number of hydrogen-bond donors (Lipinski definition) is 0. The molecule has 0 saturated carbocycles. The molecule has 0 bridgehead atoms. The van der Waals surface area contributed by atoms with Crippen molar-refractivity contribution < 1.29 is 9.18 Å². The van der Waals surface area contributed by atoms with Crippen LogP contribution in [0.1, 0.15) is 28.1 Å². The maximum absolute atomic E-state index is 15.1. The van der Waals surface area contributed by atoms with Gasteiger partial charge in [-0.05, 0) is 17.7 Å². The van der Waals surface area contributed by atoms with Crippen LogP contribution in [0.4, 0.5) is 4.39 Å². The highest BCUT2D eigenvalue weighted by atomic mass is 35.5. The van der Waals surface area contributed by atoms with Gasteiger partial charge < -0.3 is 0 Å². The Morgan fingerprint density at radius 3 is 2.50 bits per heavy atom. The van der Waals surface area contributed by atoms with Crippen LogP contribution in [0.3, 0.4) is 0 Å². The van der Waals surface area contributed by atoms with E-state index >= 15 is 4.39 Å². The Bertz CT molecular complexity index is 840. The van der Waals surface area contributed by atoms with Gasteiger partial charge in [0.2, 0.25) is 6.30 Å². The second-order valence-corrected chi connectivity index (χ2v) is 5.97. The molecule has 0 aliphatic rings. The molecule has 0 spiro atoms. The first-order valence-electron chi connectivity index (χ1n) is 7.10. The van der Waals surface area contributed by atoms with Crippen LogP contribution < -0.4 is 0 Å². The van der Waals surface area contributed by atoms with Crippen molar-refractivity contribution in [2.24, 2.45) is 0 Å². The molecule has 1 aromatic heterocycles. The number of ketones is 1. The first kappa shape index (κ1) is 16.6. The summed E-state index contributed by atoms with van der Waals surface area (Å²) in [6.07, 6.45) is 0.679. The largest absolute Gasteiger partial charge is 0.293 e. The molecule has 0 aliphatic carbocycles. The van der Waals surface area contributed by atoms with Gasteiger partial charge in [-0.15, -0.1) is 0 Å². The number of benzene rings is 2. The first-order valence-corrected chi connectivity index (χ1v) is 7.86. The summed E-state index contributed by atoms with van der Waals surface area (Å²) < 4.78 is 16.1. The number of nitrogens with zero attached hydrogens (tertiary/aromatic N) is 3. The van der Waals surface area contributed by atoms with Crippen molar-refractivity contribution in [1.29, 1.82) is 0 Å². The lowest BCUT2D eigenvalue weighted by molar-refractivity contribution is 0.0838. The van der Waals surface area contributed by atoms with Crippen LogP contribution >= 0.6 is 23.2 Å². The fourth-order valence-corrected chi connectivity index (χ4v) is 2.97. The summed E-state index contributed by atoms with van der Waals surface area (Å²) in [5, 5.41) is 4.43. The zero-order valence-corrected chi connectivity index (χ0v) is 13.8. The van der Waals surface area contributed by atoms with Crippen LogP contribution in [0.2, 0.25) is 10.0 Å². The number of Topliss-reactive ketones (excluding diaryl/α,β-unsaturated/α-hetero) is 1. The van der Waals surface area contributed by atoms with Crippen molar-refractivity contribution in [2.75, 3.05) is 0 Å². The molecule has 4 nitrogen and oxygen atoms in total. The Morgan fingerprint density at radius 1 is 1.12 bits per heavy atom. The van der Waals surface area contributed by atoms with E-state index in [1.807, 2.05) is 0 Å². The van der Waals surface area contributed by atoms with E-state index in [1.165, 1.54) is 18.7 Å². The lowest BCUT2D eigenvalue weighted by atomic mass is 9.89. The third-order valence-corrected chi connectivity index (χ3v) is 4.17. The number of rotatable bonds is 5. The second-order valence-electron chi connectivity index (χ2n) is 5.12. The Balaban J connectivity index is 2.08. The molecule has 0 radical (unpaired) electrons. The minimum atomic E-state index is -1.75. The molecule has 0 amide bonds. The van der Waals surface area contributed by atoms with E-state index in [4.69, 9.17) is 23.2 Å². The summed E-state index contributed by atoms with van der Waals surface area (Å²) in [6, 6.07) is 13.1. The molecule has 0 saturated heterocycles. The number of alkyl halides is 1. The van der Waals surface area contributed by atoms with Crippen molar-refractivity contribution >= 4 is 29.0 Å². The SMILES string of the molecule is O=C(c1ccccc1)C(c1ccc(Cl)cc1Cl)C(F)n1cncn1. The van der Waals surface area contributed by atoms with Gasteiger partial charge in [0.1, 0.15) is 18.6 Å². The maximum Gasteiger partial charge on any atom is 0.207 e. The summed E-state index contributed by atoms with van der Waals surface area (Å²) >= 11 is 12.1. The van der Waals surface area contributed by atoms with Gasteiger partial charge in [-0.2, -0.15) is 5.10 Å². The number of carbonyl (C=O) groups excluding carboxylic acids is 1. The summed E-state index contributed by atoms with van der Waals surface area (Å²) in [4.78, 5) is 16.7. The molecule has 3 aromatic rings. The third-order valence-electron chi connectivity index (χ3n) is 3.60. The zero-order valence-electron chi connectivity index (χ0n) is 12.3. The average Bonchev–Trinajstić information content (AvgIpc) is 3.12. The maximum atomic E-state index is 15.1. The summed E-state index contributed by atoms with van der Waals surface area (Å²) in [5.74, 6) is -1.57. The number of aromatic nitrogens is 3. The van der Waals surface area contributed by atoms with Gasteiger partial charge >= 0.3 is 0 Å². The molecule has 0 aliphatic heterocycles.